The van der Waals surface area contributed by atoms with Crippen LogP contribution < -0.4 is 15.0 Å². The van der Waals surface area contributed by atoms with Gasteiger partial charge in [-0.1, -0.05) is 0 Å². The van der Waals surface area contributed by atoms with Gasteiger partial charge in [0.15, 0.2) is 0 Å². The summed E-state index contributed by atoms with van der Waals surface area (Å²) in [5.74, 6) is 1.62. The predicted molar refractivity (Wildman–Crippen MR) is 59.2 cm³/mol. The number of H-pyrrole nitrogens is 2. The number of aromatic nitrogens is 2. The normalized spacial score (nSPS) is 10.1. The molecule has 0 amide bonds. The monoisotopic (exact) mass is 220 g/mol. The molecule has 5 heteroatoms. The van der Waals surface area contributed by atoms with Gasteiger partial charge in [0.1, 0.15) is 11.5 Å². The molecule has 0 radical (unpaired) electrons. The highest BCUT2D eigenvalue weighted by atomic mass is 16.5. The smallest absolute Gasteiger partial charge is 0.307 e. The van der Waals surface area contributed by atoms with Gasteiger partial charge in [0.05, 0.1) is 12.8 Å². The molecule has 2 N–H and O–H groups in total. The molecule has 0 unspecified atom stereocenters. The molecule has 0 aliphatic carbocycles. The van der Waals surface area contributed by atoms with Crippen molar-refractivity contribution >= 4 is 0 Å². The quantitative estimate of drug-likeness (QED) is 0.828. The Kier molecular flexibility index (Phi) is 2.68. The Labute approximate surface area is 92.0 Å². The van der Waals surface area contributed by atoms with E-state index in [-0.39, 0.29) is 11.3 Å². The zero-order valence-corrected chi connectivity index (χ0v) is 9.03. The highest BCUT2D eigenvalue weighted by molar-refractivity contribution is 5.35. The van der Waals surface area contributed by atoms with Gasteiger partial charge in [-0.2, -0.15) is 0 Å². The minimum absolute atomic E-state index is 0.270. The molecule has 0 saturated carbocycles. The van der Waals surface area contributed by atoms with Crippen molar-refractivity contribution in [2.45, 2.75) is 6.92 Å². The largest absolute Gasteiger partial charge is 0.497 e. The van der Waals surface area contributed by atoms with Crippen LogP contribution in [0.25, 0.3) is 0 Å². The topological polar surface area (TPSA) is 67.1 Å². The molecule has 0 aliphatic heterocycles. The van der Waals surface area contributed by atoms with E-state index in [1.165, 1.54) is 0 Å². The van der Waals surface area contributed by atoms with Crippen molar-refractivity contribution < 1.29 is 9.47 Å². The van der Waals surface area contributed by atoms with Crippen LogP contribution in [-0.2, 0) is 0 Å². The van der Waals surface area contributed by atoms with Gasteiger partial charge in [-0.15, -0.1) is 0 Å². The lowest BCUT2D eigenvalue weighted by molar-refractivity contribution is 0.412. The molecule has 16 heavy (non-hydrogen) atoms. The van der Waals surface area contributed by atoms with E-state index in [1.54, 1.807) is 38.3 Å². The number of rotatable bonds is 3. The number of methoxy groups -OCH3 is 1. The molecular weight excluding hydrogens is 208 g/mol. The van der Waals surface area contributed by atoms with Crippen molar-refractivity contribution in [2.24, 2.45) is 0 Å². The van der Waals surface area contributed by atoms with Crippen LogP contribution in [0.4, 0.5) is 0 Å². The van der Waals surface area contributed by atoms with Crippen LogP contribution in [0.2, 0.25) is 0 Å². The second-order valence-electron chi connectivity index (χ2n) is 3.31. The van der Waals surface area contributed by atoms with E-state index >= 15 is 0 Å². The number of benzene rings is 1. The van der Waals surface area contributed by atoms with Crippen LogP contribution >= 0.6 is 0 Å². The van der Waals surface area contributed by atoms with Gasteiger partial charge in [-0.25, -0.2) is 0 Å². The average Bonchev–Trinajstić information content (AvgIpc) is 2.62. The Hall–Kier alpha value is -2.17. The predicted octanol–water partition coefficient (Wildman–Crippen LogP) is 1.81. The van der Waals surface area contributed by atoms with Crippen LogP contribution in [-0.4, -0.2) is 17.3 Å². The Morgan fingerprint density at radius 2 is 1.69 bits per heavy atom. The molecule has 0 saturated heterocycles. The van der Waals surface area contributed by atoms with E-state index in [2.05, 4.69) is 10.2 Å². The first-order chi connectivity index (χ1) is 7.70. The fourth-order valence-electron chi connectivity index (χ4n) is 1.32. The summed E-state index contributed by atoms with van der Waals surface area (Å²) in [6, 6.07) is 7.02. The van der Waals surface area contributed by atoms with E-state index in [4.69, 9.17) is 9.47 Å². The number of ether oxygens (including phenoxy) is 2. The summed E-state index contributed by atoms with van der Waals surface area (Å²) in [6.45, 7) is 1.76. The van der Waals surface area contributed by atoms with Crippen molar-refractivity contribution in [3.63, 3.8) is 0 Å². The molecule has 5 nitrogen and oxygen atoms in total. The van der Waals surface area contributed by atoms with Crippen molar-refractivity contribution in [2.75, 3.05) is 7.11 Å². The molecule has 0 fully saturated rings. The fourth-order valence-corrected chi connectivity index (χ4v) is 1.32. The molecule has 1 aromatic heterocycles. The van der Waals surface area contributed by atoms with E-state index in [9.17, 15) is 4.79 Å². The third-order valence-electron chi connectivity index (χ3n) is 2.19. The Balaban J connectivity index is 2.24. The summed E-state index contributed by atoms with van der Waals surface area (Å²) >= 11 is 0. The summed E-state index contributed by atoms with van der Waals surface area (Å²) in [7, 11) is 1.59. The molecule has 0 bridgehead atoms. The van der Waals surface area contributed by atoms with Gasteiger partial charge < -0.3 is 9.47 Å². The summed E-state index contributed by atoms with van der Waals surface area (Å²) in [4.78, 5) is 11.3. The first-order valence-corrected chi connectivity index (χ1v) is 4.80. The van der Waals surface area contributed by atoms with Crippen LogP contribution in [0.1, 0.15) is 5.69 Å². The van der Waals surface area contributed by atoms with Crippen molar-refractivity contribution in [1.82, 2.24) is 10.2 Å². The fraction of sp³-hybridized carbons (Fsp3) is 0.182. The third kappa shape index (κ3) is 1.93. The summed E-state index contributed by atoms with van der Waals surface area (Å²) in [5.41, 5.74) is 0.397. The molecule has 0 atom stereocenters. The van der Waals surface area contributed by atoms with Crippen molar-refractivity contribution in [3.05, 3.63) is 40.3 Å². The average molecular weight is 220 g/mol. The van der Waals surface area contributed by atoms with E-state index in [0.717, 1.165) is 5.75 Å². The maximum absolute atomic E-state index is 11.3. The molecular formula is C11H12N2O3. The first-order valence-electron chi connectivity index (χ1n) is 4.80. The van der Waals surface area contributed by atoms with Gasteiger partial charge in [0.2, 0.25) is 5.75 Å². The summed E-state index contributed by atoms with van der Waals surface area (Å²) < 4.78 is 10.5. The lowest BCUT2D eigenvalue weighted by Crippen LogP contribution is -2.02. The van der Waals surface area contributed by atoms with Crippen LogP contribution in [0, 0.1) is 6.92 Å². The lowest BCUT2D eigenvalue weighted by Gasteiger charge is -2.04. The van der Waals surface area contributed by atoms with Crippen LogP contribution in [0.3, 0.4) is 0 Å². The second-order valence-corrected chi connectivity index (χ2v) is 3.31. The van der Waals surface area contributed by atoms with E-state index in [0.29, 0.717) is 11.4 Å². The minimum Gasteiger partial charge on any atom is -0.497 e. The Morgan fingerprint density at radius 1 is 1.06 bits per heavy atom. The summed E-state index contributed by atoms with van der Waals surface area (Å²) in [5, 5.41) is 5.14. The number of aromatic amines is 2. The minimum atomic E-state index is -0.270. The van der Waals surface area contributed by atoms with Gasteiger partial charge in [-0.3, -0.25) is 15.0 Å². The van der Waals surface area contributed by atoms with Gasteiger partial charge in [-0.05, 0) is 31.2 Å². The highest BCUT2D eigenvalue weighted by Crippen LogP contribution is 2.22. The maximum Gasteiger partial charge on any atom is 0.307 e. The SMILES string of the molecule is COc1ccc(Oc2c(C)[nH][nH]c2=O)cc1. The van der Waals surface area contributed by atoms with Crippen LogP contribution in [0.15, 0.2) is 29.1 Å². The van der Waals surface area contributed by atoms with Gasteiger partial charge in [0.25, 0.3) is 0 Å². The molecule has 1 heterocycles. The zero-order valence-electron chi connectivity index (χ0n) is 9.03. The molecule has 0 spiro atoms. The Bertz CT molecular complexity index is 525. The molecule has 0 aliphatic rings. The molecule has 84 valence electrons. The molecule has 2 aromatic rings. The van der Waals surface area contributed by atoms with E-state index in [1.807, 2.05) is 0 Å². The van der Waals surface area contributed by atoms with Crippen molar-refractivity contribution in [1.29, 1.82) is 0 Å². The second kappa shape index (κ2) is 4.14. The lowest BCUT2D eigenvalue weighted by atomic mass is 10.3. The van der Waals surface area contributed by atoms with E-state index < -0.39 is 0 Å². The standard InChI is InChI=1S/C11H12N2O3/c1-7-10(11(14)13-12-7)16-9-5-3-8(15-2)4-6-9/h3-6H,1-2H3,(H2,12,13,14). The third-order valence-corrected chi connectivity index (χ3v) is 2.19. The molecule has 2 rings (SSSR count). The number of nitrogens with one attached hydrogen (secondary N) is 2. The van der Waals surface area contributed by atoms with Gasteiger partial charge >= 0.3 is 5.56 Å². The Morgan fingerprint density at radius 3 is 2.19 bits per heavy atom. The van der Waals surface area contributed by atoms with Gasteiger partial charge in [0, 0.05) is 0 Å². The van der Waals surface area contributed by atoms with Crippen LogP contribution in [0.5, 0.6) is 17.2 Å². The number of aryl methyl sites for hydroxylation is 1. The number of hydrogen-bond donors (Lipinski definition) is 2. The number of hydrogen-bond acceptors (Lipinski definition) is 3. The summed E-state index contributed by atoms with van der Waals surface area (Å²) in [6.07, 6.45) is 0. The zero-order chi connectivity index (χ0) is 11.5. The first kappa shape index (κ1) is 10.4. The maximum atomic E-state index is 11.3. The molecule has 1 aromatic carbocycles. The van der Waals surface area contributed by atoms with Crippen molar-refractivity contribution in [3.8, 4) is 17.2 Å². The highest BCUT2D eigenvalue weighted by Gasteiger charge is 2.08.